The van der Waals surface area contributed by atoms with Crippen LogP contribution in [0.1, 0.15) is 6.42 Å². The highest BCUT2D eigenvalue weighted by atomic mass is 16.5. The van der Waals surface area contributed by atoms with Gasteiger partial charge in [-0.1, -0.05) is 0 Å². The second-order valence-electron chi connectivity index (χ2n) is 2.37. The zero-order chi connectivity index (χ0) is 8.53. The van der Waals surface area contributed by atoms with Crippen molar-refractivity contribution >= 4 is 0 Å². The maximum Gasteiger partial charge on any atom is 0.0558 e. The lowest BCUT2D eigenvalue weighted by atomic mass is 10.4. The van der Waals surface area contributed by atoms with E-state index in [4.69, 9.17) is 15.6 Å². The average Bonchev–Trinajstić information content (AvgIpc) is 2.03. The van der Waals surface area contributed by atoms with E-state index in [0.29, 0.717) is 13.2 Å². The number of aliphatic hydroxyl groups is 1. The lowest BCUT2D eigenvalue weighted by Gasteiger charge is -2.17. The van der Waals surface area contributed by atoms with Crippen molar-refractivity contribution in [3.05, 3.63) is 0 Å². The summed E-state index contributed by atoms with van der Waals surface area (Å²) in [6, 6.07) is 0. The molecule has 0 spiro atoms. The molecular formula is C7H18N2O2. The molecule has 0 unspecified atom stereocenters. The molecule has 0 aromatic rings. The van der Waals surface area contributed by atoms with Crippen molar-refractivity contribution < 1.29 is 9.84 Å². The van der Waals surface area contributed by atoms with Crippen LogP contribution in [0.3, 0.4) is 0 Å². The van der Waals surface area contributed by atoms with Crippen molar-refractivity contribution in [1.29, 1.82) is 0 Å². The first-order valence-electron chi connectivity index (χ1n) is 3.87. The summed E-state index contributed by atoms with van der Waals surface area (Å²) in [6.07, 6.45) is 0.966. The second-order valence-corrected chi connectivity index (χ2v) is 2.37. The number of methoxy groups -OCH3 is 1. The molecule has 0 aliphatic rings. The largest absolute Gasteiger partial charge is 0.395 e. The molecule has 0 saturated heterocycles. The van der Waals surface area contributed by atoms with Gasteiger partial charge in [0.05, 0.1) is 6.61 Å². The van der Waals surface area contributed by atoms with E-state index in [9.17, 15) is 0 Å². The van der Waals surface area contributed by atoms with Crippen LogP contribution in [0.5, 0.6) is 0 Å². The molecule has 0 heterocycles. The van der Waals surface area contributed by atoms with Gasteiger partial charge in [0, 0.05) is 33.5 Å². The fourth-order valence-electron chi connectivity index (χ4n) is 0.868. The van der Waals surface area contributed by atoms with Crippen molar-refractivity contribution in [1.82, 2.24) is 4.90 Å². The van der Waals surface area contributed by atoms with Gasteiger partial charge in [0.2, 0.25) is 0 Å². The molecule has 0 aromatic heterocycles. The van der Waals surface area contributed by atoms with Crippen LogP contribution in [-0.4, -0.2) is 50.1 Å². The SMILES string of the molecule is COCCCN(CN)CCO. The first kappa shape index (κ1) is 10.8. The van der Waals surface area contributed by atoms with E-state index in [1.807, 2.05) is 4.90 Å². The molecule has 68 valence electrons. The van der Waals surface area contributed by atoms with Crippen molar-refractivity contribution in [2.75, 3.05) is 40.1 Å². The van der Waals surface area contributed by atoms with Crippen molar-refractivity contribution in [2.24, 2.45) is 5.73 Å². The number of nitrogens with two attached hydrogens (primary N) is 1. The Kier molecular flexibility index (Phi) is 7.83. The maximum atomic E-state index is 8.60. The highest BCUT2D eigenvalue weighted by Crippen LogP contribution is 1.88. The Morgan fingerprint density at radius 1 is 1.45 bits per heavy atom. The van der Waals surface area contributed by atoms with Crippen LogP contribution < -0.4 is 5.73 Å². The van der Waals surface area contributed by atoms with Gasteiger partial charge >= 0.3 is 0 Å². The van der Waals surface area contributed by atoms with Gasteiger partial charge in [0.15, 0.2) is 0 Å². The summed E-state index contributed by atoms with van der Waals surface area (Å²) in [5, 5.41) is 8.60. The highest BCUT2D eigenvalue weighted by Gasteiger charge is 1.99. The summed E-state index contributed by atoms with van der Waals surface area (Å²) in [4.78, 5) is 1.99. The minimum absolute atomic E-state index is 0.171. The van der Waals surface area contributed by atoms with Gasteiger partial charge in [0.1, 0.15) is 0 Å². The summed E-state index contributed by atoms with van der Waals surface area (Å²) >= 11 is 0. The number of rotatable bonds is 7. The zero-order valence-corrected chi connectivity index (χ0v) is 7.12. The van der Waals surface area contributed by atoms with Crippen LogP contribution in [0.4, 0.5) is 0 Å². The Bertz CT molecular complexity index is 80.8. The zero-order valence-electron chi connectivity index (χ0n) is 7.12. The van der Waals surface area contributed by atoms with E-state index in [1.54, 1.807) is 7.11 Å². The monoisotopic (exact) mass is 162 g/mol. The summed E-state index contributed by atoms with van der Waals surface area (Å²) in [5.41, 5.74) is 5.42. The highest BCUT2D eigenvalue weighted by molar-refractivity contribution is 4.52. The van der Waals surface area contributed by atoms with Crippen LogP contribution in [0, 0.1) is 0 Å². The molecule has 0 aliphatic carbocycles. The first-order valence-corrected chi connectivity index (χ1v) is 3.87. The standard InChI is InChI=1S/C7H18N2O2/c1-11-6-2-3-9(7-8)4-5-10/h10H,2-8H2,1H3. The number of nitrogens with zero attached hydrogens (tertiary/aromatic N) is 1. The van der Waals surface area contributed by atoms with E-state index >= 15 is 0 Å². The topological polar surface area (TPSA) is 58.7 Å². The lowest BCUT2D eigenvalue weighted by molar-refractivity contribution is 0.157. The minimum Gasteiger partial charge on any atom is -0.395 e. The quantitative estimate of drug-likeness (QED) is 0.381. The smallest absolute Gasteiger partial charge is 0.0558 e. The number of hydrogen-bond donors (Lipinski definition) is 2. The predicted octanol–water partition coefficient (Wildman–Crippen LogP) is -0.767. The average molecular weight is 162 g/mol. The normalized spacial score (nSPS) is 10.9. The molecule has 0 atom stereocenters. The molecular weight excluding hydrogens is 144 g/mol. The molecule has 4 heteroatoms. The first-order chi connectivity index (χ1) is 5.35. The van der Waals surface area contributed by atoms with Crippen LogP contribution in [-0.2, 0) is 4.74 Å². The van der Waals surface area contributed by atoms with Gasteiger partial charge in [-0.25, -0.2) is 0 Å². The van der Waals surface area contributed by atoms with Crippen LogP contribution in [0.2, 0.25) is 0 Å². The number of hydrogen-bond acceptors (Lipinski definition) is 4. The van der Waals surface area contributed by atoms with E-state index in [1.165, 1.54) is 0 Å². The fraction of sp³-hybridized carbons (Fsp3) is 1.00. The fourth-order valence-corrected chi connectivity index (χ4v) is 0.868. The van der Waals surface area contributed by atoms with E-state index in [2.05, 4.69) is 0 Å². The van der Waals surface area contributed by atoms with Crippen LogP contribution in [0.15, 0.2) is 0 Å². The molecule has 0 aromatic carbocycles. The second kappa shape index (κ2) is 7.94. The van der Waals surface area contributed by atoms with Gasteiger partial charge in [-0.3, -0.25) is 4.90 Å². The van der Waals surface area contributed by atoms with E-state index in [0.717, 1.165) is 19.6 Å². The molecule has 11 heavy (non-hydrogen) atoms. The summed E-state index contributed by atoms with van der Waals surface area (Å²) < 4.78 is 4.88. The summed E-state index contributed by atoms with van der Waals surface area (Å²) in [6.45, 7) is 2.97. The van der Waals surface area contributed by atoms with Crippen LogP contribution >= 0.6 is 0 Å². The molecule has 0 amide bonds. The Hall–Kier alpha value is -0.160. The molecule has 0 saturated carbocycles. The van der Waals surface area contributed by atoms with Crippen LogP contribution in [0.25, 0.3) is 0 Å². The predicted molar refractivity (Wildman–Crippen MR) is 44.2 cm³/mol. The minimum atomic E-state index is 0.171. The van der Waals surface area contributed by atoms with Gasteiger partial charge in [0.25, 0.3) is 0 Å². The van der Waals surface area contributed by atoms with Gasteiger partial charge in [-0.05, 0) is 6.42 Å². The molecule has 0 rings (SSSR count). The summed E-state index contributed by atoms with van der Waals surface area (Å²) in [7, 11) is 1.68. The third-order valence-electron chi connectivity index (χ3n) is 1.50. The molecule has 4 nitrogen and oxygen atoms in total. The molecule has 0 aliphatic heterocycles. The maximum absolute atomic E-state index is 8.60. The third-order valence-corrected chi connectivity index (χ3v) is 1.50. The Morgan fingerprint density at radius 2 is 2.18 bits per heavy atom. The number of ether oxygens (including phenoxy) is 1. The van der Waals surface area contributed by atoms with E-state index < -0.39 is 0 Å². The summed E-state index contributed by atoms with van der Waals surface area (Å²) in [5.74, 6) is 0. The Labute approximate surface area is 67.9 Å². The molecule has 0 radical (unpaired) electrons. The number of aliphatic hydroxyl groups excluding tert-OH is 1. The van der Waals surface area contributed by atoms with Gasteiger partial charge in [-0.15, -0.1) is 0 Å². The Balaban J connectivity index is 3.20. The molecule has 0 bridgehead atoms. The molecule has 3 N–H and O–H groups in total. The van der Waals surface area contributed by atoms with Crippen molar-refractivity contribution in [3.8, 4) is 0 Å². The van der Waals surface area contributed by atoms with Gasteiger partial charge in [-0.2, -0.15) is 0 Å². The van der Waals surface area contributed by atoms with Crippen molar-refractivity contribution in [3.63, 3.8) is 0 Å². The molecule has 0 fully saturated rings. The van der Waals surface area contributed by atoms with Gasteiger partial charge < -0.3 is 15.6 Å². The van der Waals surface area contributed by atoms with Crippen molar-refractivity contribution in [2.45, 2.75) is 6.42 Å². The Morgan fingerprint density at radius 3 is 2.64 bits per heavy atom. The lowest BCUT2D eigenvalue weighted by Crippen LogP contribution is -2.33. The van der Waals surface area contributed by atoms with E-state index in [-0.39, 0.29) is 6.61 Å². The third kappa shape index (κ3) is 6.25.